The van der Waals surface area contributed by atoms with Gasteiger partial charge in [-0.15, -0.1) is 0 Å². The van der Waals surface area contributed by atoms with Crippen molar-refractivity contribution in [3.8, 4) is 0 Å². The molecule has 0 radical (unpaired) electrons. The molecule has 0 aliphatic carbocycles. The van der Waals surface area contributed by atoms with E-state index < -0.39 is 0 Å². The Bertz CT molecular complexity index is 139. The molecule has 1 rings (SSSR count). The molecule has 0 bridgehead atoms. The van der Waals surface area contributed by atoms with Crippen molar-refractivity contribution in [2.24, 2.45) is 5.73 Å². The molecule has 1 amide bonds. The van der Waals surface area contributed by atoms with Gasteiger partial charge in [0.15, 0.2) is 0 Å². The Balaban J connectivity index is 2.39. The lowest BCUT2D eigenvalue weighted by Gasteiger charge is -2.27. The van der Waals surface area contributed by atoms with Crippen molar-refractivity contribution in [3.63, 3.8) is 0 Å². The van der Waals surface area contributed by atoms with Gasteiger partial charge >= 0.3 is 0 Å². The van der Waals surface area contributed by atoms with Crippen molar-refractivity contribution in [1.82, 2.24) is 4.90 Å². The van der Waals surface area contributed by atoms with E-state index in [-0.39, 0.29) is 11.9 Å². The second-order valence-electron chi connectivity index (χ2n) is 3.17. The van der Waals surface area contributed by atoms with E-state index in [0.717, 1.165) is 25.9 Å². The topological polar surface area (TPSA) is 46.3 Å². The predicted molar refractivity (Wildman–Crippen MR) is 44.1 cm³/mol. The van der Waals surface area contributed by atoms with E-state index in [1.165, 1.54) is 6.42 Å². The van der Waals surface area contributed by atoms with Gasteiger partial charge in [-0.2, -0.15) is 0 Å². The third kappa shape index (κ3) is 2.19. The van der Waals surface area contributed by atoms with Crippen molar-refractivity contribution < 1.29 is 4.79 Å². The van der Waals surface area contributed by atoms with Gasteiger partial charge in [0.1, 0.15) is 0 Å². The number of likely N-dealkylation sites (tertiary alicyclic amines) is 1. The lowest BCUT2D eigenvalue weighted by Crippen LogP contribution is -2.44. The second-order valence-corrected chi connectivity index (χ2v) is 3.17. The van der Waals surface area contributed by atoms with Gasteiger partial charge in [-0.1, -0.05) is 0 Å². The number of amides is 1. The van der Waals surface area contributed by atoms with Gasteiger partial charge in [-0.25, -0.2) is 0 Å². The lowest BCUT2D eigenvalue weighted by atomic mass is 10.1. The molecule has 0 aromatic heterocycles. The molecule has 0 saturated carbocycles. The maximum absolute atomic E-state index is 11.3. The van der Waals surface area contributed by atoms with Crippen LogP contribution in [0.15, 0.2) is 0 Å². The van der Waals surface area contributed by atoms with E-state index in [1.807, 2.05) is 4.90 Å². The minimum Gasteiger partial charge on any atom is -0.341 e. The number of hydrogen-bond acceptors (Lipinski definition) is 2. The number of piperidine rings is 1. The Morgan fingerprint density at radius 3 is 2.36 bits per heavy atom. The van der Waals surface area contributed by atoms with E-state index >= 15 is 0 Å². The van der Waals surface area contributed by atoms with Crippen molar-refractivity contribution in [2.45, 2.75) is 32.2 Å². The molecule has 0 aromatic rings. The first-order chi connectivity index (χ1) is 5.22. The third-order valence-corrected chi connectivity index (χ3v) is 2.06. The molecule has 0 aromatic carbocycles. The van der Waals surface area contributed by atoms with Crippen LogP contribution in [0.4, 0.5) is 0 Å². The third-order valence-electron chi connectivity index (χ3n) is 2.06. The second kappa shape index (κ2) is 3.72. The van der Waals surface area contributed by atoms with Gasteiger partial charge in [-0.3, -0.25) is 4.79 Å². The number of nitrogens with two attached hydrogens (primary N) is 1. The van der Waals surface area contributed by atoms with Gasteiger partial charge in [-0.05, 0) is 26.2 Å². The average Bonchev–Trinajstić information content (AvgIpc) is 2.05. The van der Waals surface area contributed by atoms with Crippen LogP contribution in [-0.2, 0) is 4.79 Å². The van der Waals surface area contributed by atoms with Crippen LogP contribution in [-0.4, -0.2) is 29.9 Å². The smallest absolute Gasteiger partial charge is 0.239 e. The number of hydrogen-bond donors (Lipinski definition) is 1. The normalized spacial score (nSPS) is 21.5. The number of carbonyl (C=O) groups excluding carboxylic acids is 1. The minimum atomic E-state index is -0.326. The summed E-state index contributed by atoms with van der Waals surface area (Å²) in [5, 5.41) is 0. The molecule has 1 atom stereocenters. The van der Waals surface area contributed by atoms with Gasteiger partial charge in [0, 0.05) is 13.1 Å². The van der Waals surface area contributed by atoms with Crippen molar-refractivity contribution in [3.05, 3.63) is 0 Å². The molecule has 11 heavy (non-hydrogen) atoms. The lowest BCUT2D eigenvalue weighted by molar-refractivity contribution is -0.133. The van der Waals surface area contributed by atoms with Crippen LogP contribution in [0.3, 0.4) is 0 Å². The first kappa shape index (κ1) is 8.53. The quantitative estimate of drug-likeness (QED) is 0.595. The average molecular weight is 156 g/mol. The Hall–Kier alpha value is -0.570. The largest absolute Gasteiger partial charge is 0.341 e. The molecule has 3 nitrogen and oxygen atoms in total. The van der Waals surface area contributed by atoms with Crippen molar-refractivity contribution in [2.75, 3.05) is 13.1 Å². The molecule has 1 aliphatic heterocycles. The van der Waals surface area contributed by atoms with Crippen LogP contribution < -0.4 is 5.73 Å². The van der Waals surface area contributed by atoms with Crippen LogP contribution in [0.1, 0.15) is 26.2 Å². The van der Waals surface area contributed by atoms with Crippen molar-refractivity contribution in [1.29, 1.82) is 0 Å². The summed E-state index contributed by atoms with van der Waals surface area (Å²) >= 11 is 0. The van der Waals surface area contributed by atoms with Gasteiger partial charge < -0.3 is 10.6 Å². The van der Waals surface area contributed by atoms with E-state index in [2.05, 4.69) is 0 Å². The van der Waals surface area contributed by atoms with Gasteiger partial charge in [0.2, 0.25) is 5.91 Å². The maximum Gasteiger partial charge on any atom is 0.239 e. The van der Waals surface area contributed by atoms with E-state index in [4.69, 9.17) is 5.73 Å². The van der Waals surface area contributed by atoms with Gasteiger partial charge in [0.05, 0.1) is 6.04 Å². The molecule has 0 spiro atoms. The highest BCUT2D eigenvalue weighted by molar-refractivity contribution is 5.81. The highest BCUT2D eigenvalue weighted by atomic mass is 16.2. The molecular formula is C8H16N2O. The molecule has 64 valence electrons. The first-order valence-corrected chi connectivity index (χ1v) is 4.26. The summed E-state index contributed by atoms with van der Waals surface area (Å²) in [4.78, 5) is 13.2. The zero-order valence-corrected chi connectivity index (χ0v) is 7.05. The Kier molecular flexibility index (Phi) is 2.88. The maximum atomic E-state index is 11.3. The number of rotatable bonds is 1. The summed E-state index contributed by atoms with van der Waals surface area (Å²) in [5.41, 5.74) is 5.48. The number of carbonyl (C=O) groups is 1. The summed E-state index contributed by atoms with van der Waals surface area (Å²) in [5.74, 6) is 0.102. The molecule has 1 saturated heterocycles. The van der Waals surface area contributed by atoms with Crippen LogP contribution >= 0.6 is 0 Å². The molecule has 2 N–H and O–H groups in total. The highest BCUT2D eigenvalue weighted by Gasteiger charge is 2.18. The Morgan fingerprint density at radius 2 is 1.91 bits per heavy atom. The summed E-state index contributed by atoms with van der Waals surface area (Å²) in [6.07, 6.45) is 3.53. The standard InChI is InChI=1S/C8H16N2O/c1-7(9)8(11)10-5-3-2-4-6-10/h7H,2-6,9H2,1H3/t7-/m0/s1. The molecular weight excluding hydrogens is 140 g/mol. The Labute approximate surface area is 67.5 Å². The summed E-state index contributed by atoms with van der Waals surface area (Å²) in [6.45, 7) is 3.55. The van der Waals surface area contributed by atoms with E-state index in [1.54, 1.807) is 6.92 Å². The monoisotopic (exact) mass is 156 g/mol. The summed E-state index contributed by atoms with van der Waals surface area (Å²) in [6, 6.07) is -0.326. The molecule has 0 unspecified atom stereocenters. The van der Waals surface area contributed by atoms with E-state index in [9.17, 15) is 4.79 Å². The van der Waals surface area contributed by atoms with Crippen molar-refractivity contribution >= 4 is 5.91 Å². The zero-order chi connectivity index (χ0) is 8.27. The summed E-state index contributed by atoms with van der Waals surface area (Å²) in [7, 11) is 0. The fourth-order valence-electron chi connectivity index (χ4n) is 1.40. The molecule has 3 heteroatoms. The fraction of sp³-hybridized carbons (Fsp3) is 0.875. The number of nitrogens with zero attached hydrogens (tertiary/aromatic N) is 1. The zero-order valence-electron chi connectivity index (χ0n) is 7.05. The fourth-order valence-corrected chi connectivity index (χ4v) is 1.40. The minimum absolute atomic E-state index is 0.102. The Morgan fingerprint density at radius 1 is 1.36 bits per heavy atom. The van der Waals surface area contributed by atoms with Crippen LogP contribution in [0.2, 0.25) is 0 Å². The highest BCUT2D eigenvalue weighted by Crippen LogP contribution is 2.09. The molecule has 1 heterocycles. The molecule has 1 fully saturated rings. The van der Waals surface area contributed by atoms with Gasteiger partial charge in [0.25, 0.3) is 0 Å². The molecule has 1 aliphatic rings. The van der Waals surface area contributed by atoms with Crippen LogP contribution in [0.25, 0.3) is 0 Å². The predicted octanol–water partition coefficient (Wildman–Crippen LogP) is 0.346. The van der Waals surface area contributed by atoms with E-state index in [0.29, 0.717) is 0 Å². The summed E-state index contributed by atoms with van der Waals surface area (Å²) < 4.78 is 0. The first-order valence-electron chi connectivity index (χ1n) is 4.26. The SMILES string of the molecule is C[C@H](N)C(=O)N1CCCCC1. The van der Waals surface area contributed by atoms with Crippen LogP contribution in [0.5, 0.6) is 0 Å². The van der Waals surface area contributed by atoms with Crippen LogP contribution in [0, 0.1) is 0 Å².